The summed E-state index contributed by atoms with van der Waals surface area (Å²) in [6, 6.07) is 10.5. The van der Waals surface area contributed by atoms with E-state index < -0.39 is 0 Å². The molecule has 0 bridgehead atoms. The van der Waals surface area contributed by atoms with Crippen molar-refractivity contribution < 1.29 is 13.9 Å². The van der Waals surface area contributed by atoms with Crippen molar-refractivity contribution in [2.24, 2.45) is 0 Å². The van der Waals surface area contributed by atoms with Crippen molar-refractivity contribution >= 4 is 22.3 Å². The molecule has 1 heterocycles. The van der Waals surface area contributed by atoms with E-state index in [-0.39, 0.29) is 18.0 Å². The summed E-state index contributed by atoms with van der Waals surface area (Å²) in [6.07, 6.45) is 0.0783. The van der Waals surface area contributed by atoms with Gasteiger partial charge in [0, 0.05) is 16.6 Å². The van der Waals surface area contributed by atoms with Crippen molar-refractivity contribution in [2.45, 2.75) is 46.8 Å². The van der Waals surface area contributed by atoms with Crippen LogP contribution in [0.4, 0.5) is 15.9 Å². The first-order valence-electron chi connectivity index (χ1n) is 9.85. The lowest BCUT2D eigenvalue weighted by atomic mass is 10.1. The van der Waals surface area contributed by atoms with Crippen molar-refractivity contribution in [3.63, 3.8) is 0 Å². The summed E-state index contributed by atoms with van der Waals surface area (Å²) in [4.78, 5) is 0. The van der Waals surface area contributed by atoms with Crippen molar-refractivity contribution in [1.29, 1.82) is 0 Å². The normalized spacial score (nSPS) is 11.7. The minimum absolute atomic E-state index is 0.0360. The van der Waals surface area contributed by atoms with Crippen molar-refractivity contribution in [3.05, 3.63) is 47.8 Å². The molecule has 0 spiro atoms. The quantitative estimate of drug-likeness (QED) is 0.356. The number of fused-ring (bicyclic) bond motifs is 3. The van der Waals surface area contributed by atoms with E-state index in [2.05, 4.69) is 22.4 Å². The van der Waals surface area contributed by atoms with E-state index in [0.29, 0.717) is 5.69 Å². The van der Waals surface area contributed by atoms with Gasteiger partial charge in [-0.05, 0) is 75.9 Å². The Morgan fingerprint density at radius 3 is 2.17 bits per heavy atom. The average Bonchev–Trinajstić information content (AvgIpc) is 3.15. The van der Waals surface area contributed by atoms with Crippen LogP contribution >= 0.6 is 0 Å². The first-order valence-corrected chi connectivity index (χ1v) is 9.85. The summed E-state index contributed by atoms with van der Waals surface area (Å²) in [6.45, 7) is 10.1. The highest BCUT2D eigenvalue weighted by molar-refractivity contribution is 6.08. The molecule has 2 aromatic rings. The van der Waals surface area contributed by atoms with Crippen LogP contribution in [0.1, 0.15) is 33.3 Å². The maximum absolute atomic E-state index is 13.6. The van der Waals surface area contributed by atoms with Gasteiger partial charge in [-0.3, -0.25) is 10.2 Å². The average molecular weight is 395 g/mol. The Bertz CT molecular complexity index is 1130. The fraction of sp³-hybridized carbons (Fsp3) is 0.304. The van der Waals surface area contributed by atoms with E-state index in [1.54, 1.807) is 6.07 Å². The third-order valence-electron chi connectivity index (χ3n) is 4.76. The molecule has 0 radical (unpaired) electrons. The van der Waals surface area contributed by atoms with E-state index in [1.807, 2.05) is 45.9 Å². The standard InChI is InChI=1S/C23H26FN3O2/c1-12(2)28-19-10-17-14(5)21-22(18(17)11-20(19)29-13(3)4)26-27-23(21)25-16-8-6-7-15(24)9-16/h6-13,25-27H,1-5H3. The molecule has 0 saturated heterocycles. The van der Waals surface area contributed by atoms with Crippen LogP contribution in [0.5, 0.6) is 11.5 Å². The maximum Gasteiger partial charge on any atom is 0.162 e. The lowest BCUT2D eigenvalue weighted by Gasteiger charge is -2.17. The zero-order chi connectivity index (χ0) is 20.7. The summed E-state index contributed by atoms with van der Waals surface area (Å²) in [5.74, 6) is 1.97. The fourth-order valence-electron chi connectivity index (χ4n) is 3.66. The van der Waals surface area contributed by atoms with Crippen LogP contribution < -0.4 is 14.8 Å². The molecule has 2 aromatic carbocycles. The molecule has 5 nitrogen and oxygen atoms in total. The summed E-state index contributed by atoms with van der Waals surface area (Å²) in [7, 11) is 0. The highest BCUT2D eigenvalue weighted by atomic mass is 19.1. The number of aryl methyl sites for hydroxylation is 1. The van der Waals surface area contributed by atoms with E-state index in [4.69, 9.17) is 9.47 Å². The van der Waals surface area contributed by atoms with Gasteiger partial charge in [0.2, 0.25) is 0 Å². The van der Waals surface area contributed by atoms with Gasteiger partial charge in [0.25, 0.3) is 0 Å². The number of nitrogens with one attached hydrogen (secondary N) is 3. The number of rotatable bonds is 6. The minimum Gasteiger partial charge on any atom is -0.487 e. The number of halogens is 1. The van der Waals surface area contributed by atoms with E-state index in [0.717, 1.165) is 44.9 Å². The Balaban J connectivity index is 1.83. The van der Waals surface area contributed by atoms with Crippen LogP contribution in [-0.4, -0.2) is 22.4 Å². The smallest absolute Gasteiger partial charge is 0.162 e. The van der Waals surface area contributed by atoms with Gasteiger partial charge >= 0.3 is 0 Å². The second kappa shape index (κ2) is 7.35. The van der Waals surface area contributed by atoms with Gasteiger partial charge < -0.3 is 14.8 Å². The van der Waals surface area contributed by atoms with Gasteiger partial charge in [-0.2, -0.15) is 0 Å². The Kier molecular flexibility index (Phi) is 4.86. The third-order valence-corrected chi connectivity index (χ3v) is 4.76. The highest BCUT2D eigenvalue weighted by Crippen LogP contribution is 2.46. The molecule has 2 aliphatic rings. The van der Waals surface area contributed by atoms with Gasteiger partial charge in [-0.15, -0.1) is 0 Å². The van der Waals surface area contributed by atoms with Crippen molar-refractivity contribution in [1.82, 2.24) is 10.2 Å². The van der Waals surface area contributed by atoms with Gasteiger partial charge in [-0.1, -0.05) is 6.07 Å². The molecular weight excluding hydrogens is 369 g/mol. The highest BCUT2D eigenvalue weighted by Gasteiger charge is 2.24. The summed E-state index contributed by atoms with van der Waals surface area (Å²) >= 11 is 0. The summed E-state index contributed by atoms with van der Waals surface area (Å²) < 4.78 is 25.6. The van der Waals surface area contributed by atoms with Gasteiger partial charge in [0.1, 0.15) is 11.6 Å². The number of benzene rings is 2. The molecule has 1 aliphatic heterocycles. The van der Waals surface area contributed by atoms with E-state index in [9.17, 15) is 4.39 Å². The number of aromatic amines is 2. The predicted molar refractivity (Wildman–Crippen MR) is 115 cm³/mol. The minimum atomic E-state index is -0.280. The number of anilines is 2. The van der Waals surface area contributed by atoms with Gasteiger partial charge in [-0.25, -0.2) is 4.39 Å². The molecule has 0 amide bonds. The van der Waals surface area contributed by atoms with Gasteiger partial charge in [0.05, 0.1) is 17.9 Å². The van der Waals surface area contributed by atoms with Crippen LogP contribution in [0.2, 0.25) is 0 Å². The zero-order valence-electron chi connectivity index (χ0n) is 17.3. The lowest BCUT2D eigenvalue weighted by Crippen LogP contribution is -2.10. The van der Waals surface area contributed by atoms with Crippen molar-refractivity contribution in [3.8, 4) is 22.8 Å². The molecule has 0 fully saturated rings. The van der Waals surface area contributed by atoms with Crippen LogP contribution in [0.3, 0.4) is 0 Å². The molecule has 1 aliphatic carbocycles. The van der Waals surface area contributed by atoms with Crippen LogP contribution in [0.15, 0.2) is 36.4 Å². The lowest BCUT2D eigenvalue weighted by molar-refractivity contribution is 0.199. The first-order chi connectivity index (χ1) is 13.8. The molecular formula is C23H26FN3O2. The SMILES string of the molecule is Cc1c2c(Nc3cccc(F)c3)[nH][nH]c-2c2cc(OC(C)C)c(OC(C)C)cc12. The number of H-pyrrole nitrogens is 2. The van der Waals surface area contributed by atoms with Crippen LogP contribution in [0, 0.1) is 12.7 Å². The number of ether oxygens (including phenoxy) is 2. The second-order valence-electron chi connectivity index (χ2n) is 7.81. The zero-order valence-corrected chi connectivity index (χ0v) is 17.3. The van der Waals surface area contributed by atoms with Crippen molar-refractivity contribution in [2.75, 3.05) is 5.32 Å². The molecule has 0 aromatic heterocycles. The first kappa shape index (κ1) is 19.2. The number of hydrogen-bond acceptors (Lipinski definition) is 3. The Labute approximate surface area is 169 Å². The largest absolute Gasteiger partial charge is 0.487 e. The van der Waals surface area contributed by atoms with E-state index >= 15 is 0 Å². The predicted octanol–water partition coefficient (Wildman–Crippen LogP) is 6.37. The molecule has 0 saturated carbocycles. The second-order valence-corrected chi connectivity index (χ2v) is 7.81. The molecule has 29 heavy (non-hydrogen) atoms. The Morgan fingerprint density at radius 2 is 1.55 bits per heavy atom. The van der Waals surface area contributed by atoms with Gasteiger partial charge in [0.15, 0.2) is 11.5 Å². The monoisotopic (exact) mass is 395 g/mol. The molecule has 0 unspecified atom stereocenters. The van der Waals surface area contributed by atoms with Crippen LogP contribution in [0.25, 0.3) is 22.0 Å². The molecule has 4 rings (SSSR count). The molecule has 3 N–H and O–H groups in total. The molecule has 152 valence electrons. The summed E-state index contributed by atoms with van der Waals surface area (Å²) in [5, 5.41) is 11.8. The Morgan fingerprint density at radius 1 is 0.897 bits per heavy atom. The molecule has 0 atom stereocenters. The Hall–Kier alpha value is -3.15. The number of hydrogen-bond donors (Lipinski definition) is 3. The fourth-order valence-corrected chi connectivity index (χ4v) is 3.66. The number of aromatic nitrogens is 2. The third kappa shape index (κ3) is 3.62. The van der Waals surface area contributed by atoms with Crippen LogP contribution in [-0.2, 0) is 0 Å². The molecule has 6 heteroatoms. The summed E-state index contributed by atoms with van der Waals surface area (Å²) in [5.41, 5.74) is 3.79. The maximum atomic E-state index is 13.6. The van der Waals surface area contributed by atoms with E-state index in [1.165, 1.54) is 12.1 Å². The topological polar surface area (TPSA) is 62.1 Å².